The smallest absolute Gasteiger partial charge is 0.336 e. The number of carboxylic acid groups (broad SMARTS) is 1. The summed E-state index contributed by atoms with van der Waals surface area (Å²) >= 11 is 0. The fourth-order valence-electron chi connectivity index (χ4n) is 1.62. The molecule has 0 unspecified atom stereocenters. The lowest BCUT2D eigenvalue weighted by atomic mass is 10.1. The topological polar surface area (TPSA) is 59.4 Å². The summed E-state index contributed by atoms with van der Waals surface area (Å²) in [6.45, 7) is 0.694. The van der Waals surface area contributed by atoms with Gasteiger partial charge in [-0.25, -0.2) is 4.79 Å². The zero-order valence-corrected chi connectivity index (χ0v) is 9.74. The van der Waals surface area contributed by atoms with Crippen molar-refractivity contribution in [2.75, 3.05) is 0 Å². The van der Waals surface area contributed by atoms with Crippen LogP contribution < -0.4 is 0 Å². The number of rotatable bonds is 5. The molecule has 18 heavy (non-hydrogen) atoms. The van der Waals surface area contributed by atoms with Crippen LogP contribution in [0.5, 0.6) is 0 Å². The Balaban J connectivity index is 1.97. The number of hydrogen-bond acceptors (Lipinski definition) is 3. The molecule has 2 rings (SSSR count). The lowest BCUT2D eigenvalue weighted by molar-refractivity contribution is 0.0684. The monoisotopic (exact) mass is 243 g/mol. The van der Waals surface area contributed by atoms with Gasteiger partial charge in [0.25, 0.3) is 0 Å². The molecule has 1 heterocycles. The van der Waals surface area contributed by atoms with Gasteiger partial charge in [0, 0.05) is 12.4 Å². The molecule has 0 aliphatic carbocycles. The Kier molecular flexibility index (Phi) is 4.04. The van der Waals surface area contributed by atoms with Gasteiger partial charge in [0.15, 0.2) is 0 Å². The van der Waals surface area contributed by atoms with Crippen molar-refractivity contribution in [1.82, 2.24) is 4.98 Å². The lowest BCUT2D eigenvalue weighted by Gasteiger charge is -2.07. The second kappa shape index (κ2) is 5.93. The second-order valence-electron chi connectivity index (χ2n) is 3.82. The molecule has 0 aliphatic heterocycles. The SMILES string of the molecule is O=C(O)c1ccccc1COCc1cccnc1. The van der Waals surface area contributed by atoms with E-state index < -0.39 is 5.97 Å². The molecule has 92 valence electrons. The van der Waals surface area contributed by atoms with Crippen molar-refractivity contribution in [2.45, 2.75) is 13.2 Å². The lowest BCUT2D eigenvalue weighted by Crippen LogP contribution is -2.04. The number of benzene rings is 1. The molecule has 0 bridgehead atoms. The van der Waals surface area contributed by atoms with Crippen molar-refractivity contribution in [2.24, 2.45) is 0 Å². The highest BCUT2D eigenvalue weighted by molar-refractivity contribution is 5.89. The standard InChI is InChI=1S/C14H13NO3/c16-14(17)13-6-2-1-5-12(13)10-18-9-11-4-3-7-15-8-11/h1-8H,9-10H2,(H,16,17). The quantitative estimate of drug-likeness (QED) is 0.876. The number of aromatic carboxylic acids is 1. The fourth-order valence-corrected chi connectivity index (χ4v) is 1.62. The van der Waals surface area contributed by atoms with Gasteiger partial charge in [-0.05, 0) is 23.3 Å². The van der Waals surface area contributed by atoms with Gasteiger partial charge in [0.2, 0.25) is 0 Å². The maximum absolute atomic E-state index is 11.0. The third-order valence-electron chi connectivity index (χ3n) is 2.50. The molecule has 0 saturated heterocycles. The third kappa shape index (κ3) is 3.15. The van der Waals surface area contributed by atoms with Crippen molar-refractivity contribution < 1.29 is 14.6 Å². The Morgan fingerprint density at radius 1 is 1.17 bits per heavy atom. The minimum absolute atomic E-state index is 0.275. The van der Waals surface area contributed by atoms with E-state index in [0.29, 0.717) is 12.2 Å². The predicted octanol–water partition coefficient (Wildman–Crippen LogP) is 2.50. The molecular formula is C14H13NO3. The summed E-state index contributed by atoms with van der Waals surface area (Å²) in [5, 5.41) is 9.02. The highest BCUT2D eigenvalue weighted by atomic mass is 16.5. The van der Waals surface area contributed by atoms with E-state index in [4.69, 9.17) is 9.84 Å². The van der Waals surface area contributed by atoms with Crippen molar-refractivity contribution in [3.05, 3.63) is 65.5 Å². The molecule has 1 aromatic carbocycles. The van der Waals surface area contributed by atoms with Crippen molar-refractivity contribution in [3.63, 3.8) is 0 Å². The van der Waals surface area contributed by atoms with Gasteiger partial charge in [0.05, 0.1) is 18.8 Å². The van der Waals surface area contributed by atoms with Crippen LogP contribution in [0.15, 0.2) is 48.8 Å². The summed E-state index contributed by atoms with van der Waals surface area (Å²) < 4.78 is 5.49. The largest absolute Gasteiger partial charge is 0.478 e. The Hall–Kier alpha value is -2.20. The Labute approximate surface area is 105 Å². The number of ether oxygens (including phenoxy) is 1. The highest BCUT2D eigenvalue weighted by Crippen LogP contribution is 2.11. The maximum Gasteiger partial charge on any atom is 0.336 e. The number of nitrogens with zero attached hydrogens (tertiary/aromatic N) is 1. The van der Waals surface area contributed by atoms with Crippen molar-refractivity contribution in [3.8, 4) is 0 Å². The molecule has 2 aromatic rings. The van der Waals surface area contributed by atoms with Crippen LogP contribution in [-0.2, 0) is 18.0 Å². The molecule has 0 aliphatic rings. The van der Waals surface area contributed by atoms with Gasteiger partial charge < -0.3 is 9.84 Å². The van der Waals surface area contributed by atoms with E-state index in [2.05, 4.69) is 4.98 Å². The number of aromatic nitrogens is 1. The molecule has 4 nitrogen and oxygen atoms in total. The number of carbonyl (C=O) groups is 1. The summed E-state index contributed by atoms with van der Waals surface area (Å²) in [6, 6.07) is 10.6. The van der Waals surface area contributed by atoms with Crippen LogP contribution in [0, 0.1) is 0 Å². The molecule has 1 aromatic heterocycles. The molecule has 4 heteroatoms. The first kappa shape index (κ1) is 12.3. The van der Waals surface area contributed by atoms with E-state index in [1.165, 1.54) is 0 Å². The first-order chi connectivity index (χ1) is 8.77. The van der Waals surface area contributed by atoms with Crippen molar-refractivity contribution in [1.29, 1.82) is 0 Å². The third-order valence-corrected chi connectivity index (χ3v) is 2.50. The van der Waals surface area contributed by atoms with Crippen LogP contribution >= 0.6 is 0 Å². The van der Waals surface area contributed by atoms with Crippen LogP contribution in [-0.4, -0.2) is 16.1 Å². The van der Waals surface area contributed by atoms with E-state index in [1.807, 2.05) is 12.1 Å². The van der Waals surface area contributed by atoms with Crippen LogP contribution in [0.25, 0.3) is 0 Å². The van der Waals surface area contributed by atoms with Gasteiger partial charge in [-0.3, -0.25) is 4.98 Å². The normalized spacial score (nSPS) is 10.2. The highest BCUT2D eigenvalue weighted by Gasteiger charge is 2.08. The summed E-state index contributed by atoms with van der Waals surface area (Å²) in [4.78, 5) is 15.0. The van der Waals surface area contributed by atoms with E-state index in [-0.39, 0.29) is 12.2 Å². The van der Waals surface area contributed by atoms with E-state index in [9.17, 15) is 4.79 Å². The Bertz CT molecular complexity index is 526. The fraction of sp³-hybridized carbons (Fsp3) is 0.143. The molecule has 0 atom stereocenters. The summed E-state index contributed by atoms with van der Waals surface area (Å²) in [5.41, 5.74) is 1.92. The molecule has 0 spiro atoms. The molecule has 0 saturated carbocycles. The molecular weight excluding hydrogens is 230 g/mol. The minimum atomic E-state index is -0.935. The Morgan fingerprint density at radius 3 is 2.72 bits per heavy atom. The molecule has 0 fully saturated rings. The van der Waals surface area contributed by atoms with Gasteiger partial charge in [-0.15, -0.1) is 0 Å². The molecule has 1 N–H and O–H groups in total. The molecule has 0 radical (unpaired) electrons. The van der Waals surface area contributed by atoms with E-state index >= 15 is 0 Å². The summed E-state index contributed by atoms with van der Waals surface area (Å²) in [5.74, 6) is -0.935. The summed E-state index contributed by atoms with van der Waals surface area (Å²) in [7, 11) is 0. The van der Waals surface area contributed by atoms with E-state index in [0.717, 1.165) is 5.56 Å². The zero-order chi connectivity index (χ0) is 12.8. The second-order valence-corrected chi connectivity index (χ2v) is 3.82. The van der Waals surface area contributed by atoms with Gasteiger partial charge >= 0.3 is 5.97 Å². The van der Waals surface area contributed by atoms with Crippen LogP contribution in [0.3, 0.4) is 0 Å². The van der Waals surface area contributed by atoms with Gasteiger partial charge in [-0.1, -0.05) is 24.3 Å². The zero-order valence-electron chi connectivity index (χ0n) is 9.74. The number of carboxylic acids is 1. The van der Waals surface area contributed by atoms with Crippen LogP contribution in [0.4, 0.5) is 0 Å². The number of hydrogen-bond donors (Lipinski definition) is 1. The minimum Gasteiger partial charge on any atom is -0.478 e. The Morgan fingerprint density at radius 2 is 2.00 bits per heavy atom. The van der Waals surface area contributed by atoms with E-state index in [1.54, 1.807) is 36.7 Å². The number of pyridine rings is 1. The molecule has 0 amide bonds. The average molecular weight is 243 g/mol. The average Bonchev–Trinajstić information content (AvgIpc) is 2.40. The maximum atomic E-state index is 11.0. The van der Waals surface area contributed by atoms with Gasteiger partial charge in [0.1, 0.15) is 0 Å². The first-order valence-corrected chi connectivity index (χ1v) is 5.55. The predicted molar refractivity (Wildman–Crippen MR) is 66.1 cm³/mol. The van der Waals surface area contributed by atoms with Crippen molar-refractivity contribution >= 4 is 5.97 Å². The van der Waals surface area contributed by atoms with Gasteiger partial charge in [-0.2, -0.15) is 0 Å². The summed E-state index contributed by atoms with van der Waals surface area (Å²) in [6.07, 6.45) is 3.42. The van der Waals surface area contributed by atoms with Crippen LogP contribution in [0.2, 0.25) is 0 Å². The first-order valence-electron chi connectivity index (χ1n) is 5.55. The van der Waals surface area contributed by atoms with Crippen LogP contribution in [0.1, 0.15) is 21.5 Å².